The maximum atomic E-state index is 12.6. The number of nitrogens with zero attached hydrogens (tertiary/aromatic N) is 11. The summed E-state index contributed by atoms with van der Waals surface area (Å²) in [6, 6.07) is 7.17. The Kier molecular flexibility index (Phi) is 17.9. The normalized spacial score (nSPS) is 15.3. The minimum absolute atomic E-state index is 0.203. The van der Waals surface area contributed by atoms with E-state index >= 15 is 0 Å². The topological polar surface area (TPSA) is 238 Å². The van der Waals surface area contributed by atoms with Gasteiger partial charge in [0.2, 0.25) is 0 Å². The van der Waals surface area contributed by atoms with E-state index in [1.54, 1.807) is 61.9 Å². The molecule has 0 spiro atoms. The molecule has 0 bridgehead atoms. The number of anilines is 6. The van der Waals surface area contributed by atoms with Gasteiger partial charge in [0.1, 0.15) is 17.2 Å². The van der Waals surface area contributed by atoms with Crippen LogP contribution in [-0.2, 0) is 14.2 Å². The van der Waals surface area contributed by atoms with Gasteiger partial charge < -0.3 is 64.5 Å². The SMILES string of the molecule is [C-]#[N+]c1cnc(Nc2cc(NCC3CCCN(C(=O)OC(C)(C)C)C3)c(-n3ccc(C(=O)OCC)c3)cn2)cn1.[C-]#[N+]c1cnc(Nc2cc(NCC3CCCNC3)c(-n3ccc(C(=O)OCC)c3)cn2)cn1. The van der Waals surface area contributed by atoms with Gasteiger partial charge in [0.25, 0.3) is 11.6 Å². The minimum Gasteiger partial charge on any atom is -0.462 e. The maximum Gasteiger partial charge on any atom is 0.410 e. The second kappa shape index (κ2) is 25.0. The zero-order valence-electron chi connectivity index (χ0n) is 41.6. The minimum atomic E-state index is -0.544. The summed E-state index contributed by atoms with van der Waals surface area (Å²) in [5, 5.41) is 16.8. The molecule has 0 radical (unpaired) electrons. The Labute approximate surface area is 424 Å². The summed E-state index contributed by atoms with van der Waals surface area (Å²) in [5.41, 5.74) is 3.56. The summed E-state index contributed by atoms with van der Waals surface area (Å²) in [6.45, 7) is 28.5. The zero-order chi connectivity index (χ0) is 51.7. The average Bonchev–Trinajstić information content (AvgIpc) is 4.10. The quantitative estimate of drug-likeness (QED) is 0.0346. The standard InChI is InChI=1S/C28H34N8O4.C23H26N8O2/c1-6-39-26(37)20-9-11-35(18-20)22-14-31-23(34-25-16-32-24(29-5)15-33-25)12-21(22)30-13-19-8-7-10-36(17-19)27(38)40-28(2,3)4;1-3-33-23(32)17-6-8-31(15-17)19-12-27-20(30-22-14-28-21(24-2)13-29-22)9-18(19)26-11-16-5-4-7-25-10-16/h9,11-12,14-16,18-19H,6-8,10,13,17H2,1-4H3,(H2,30,31,33,34);6,8-9,12-16,25H,3-5,7,10-11H2,1H3,(H2,26,27,29,30). The van der Waals surface area contributed by atoms with Crippen LogP contribution in [0.2, 0.25) is 0 Å². The summed E-state index contributed by atoms with van der Waals surface area (Å²) in [4.78, 5) is 70.8. The number of pyridine rings is 2. The predicted octanol–water partition coefficient (Wildman–Crippen LogP) is 8.74. The third-order valence-electron chi connectivity index (χ3n) is 11.5. The molecule has 2 saturated heterocycles. The lowest BCUT2D eigenvalue weighted by molar-refractivity contribution is 0.0171. The molecule has 0 aromatic carbocycles. The second-order valence-electron chi connectivity index (χ2n) is 18.1. The van der Waals surface area contributed by atoms with E-state index in [0.717, 1.165) is 55.2 Å². The molecule has 6 aromatic heterocycles. The van der Waals surface area contributed by atoms with Crippen LogP contribution in [0.3, 0.4) is 0 Å². The van der Waals surface area contributed by atoms with E-state index in [-0.39, 0.29) is 29.6 Å². The average molecular weight is 993 g/mol. The van der Waals surface area contributed by atoms with E-state index in [1.807, 2.05) is 48.2 Å². The molecule has 22 heteroatoms. The first-order valence-electron chi connectivity index (χ1n) is 24.1. The number of carbonyl (C=O) groups is 3. The highest BCUT2D eigenvalue weighted by molar-refractivity contribution is 5.90. The molecule has 2 fully saturated rings. The van der Waals surface area contributed by atoms with Gasteiger partial charge in [0.15, 0.2) is 24.0 Å². The van der Waals surface area contributed by atoms with Gasteiger partial charge in [-0.05, 0) is 97.4 Å². The van der Waals surface area contributed by atoms with Crippen molar-refractivity contribution in [2.75, 3.05) is 73.7 Å². The number of ether oxygens (including phenoxy) is 3. The molecular formula is C51H60N16O6. The Morgan fingerprint density at radius 3 is 1.66 bits per heavy atom. The third kappa shape index (κ3) is 14.9. The number of rotatable bonds is 16. The first-order chi connectivity index (χ1) is 35.3. The molecule has 6 aromatic rings. The Bertz CT molecular complexity index is 2900. The van der Waals surface area contributed by atoms with E-state index < -0.39 is 11.6 Å². The lowest BCUT2D eigenvalue weighted by Gasteiger charge is -2.34. The van der Waals surface area contributed by atoms with Crippen LogP contribution in [0, 0.1) is 25.0 Å². The molecule has 380 valence electrons. The fourth-order valence-corrected chi connectivity index (χ4v) is 7.97. The summed E-state index contributed by atoms with van der Waals surface area (Å²) in [5.74, 6) is 2.48. The molecule has 0 saturated carbocycles. The molecule has 0 aliphatic carbocycles. The molecule has 5 N–H and O–H groups in total. The number of hydrogen-bond donors (Lipinski definition) is 5. The Morgan fingerprint density at radius 2 is 1.21 bits per heavy atom. The smallest absolute Gasteiger partial charge is 0.410 e. The van der Waals surface area contributed by atoms with Gasteiger partial charge in [-0.25, -0.2) is 34.3 Å². The fourth-order valence-electron chi connectivity index (χ4n) is 7.97. The van der Waals surface area contributed by atoms with Crippen molar-refractivity contribution < 1.29 is 28.6 Å². The largest absolute Gasteiger partial charge is 0.462 e. The van der Waals surface area contributed by atoms with Gasteiger partial charge in [-0.2, -0.15) is 0 Å². The Balaban J connectivity index is 0.000000218. The highest BCUT2D eigenvalue weighted by atomic mass is 16.6. The van der Waals surface area contributed by atoms with Gasteiger partial charge in [-0.15, -0.1) is 9.97 Å². The monoisotopic (exact) mass is 992 g/mol. The zero-order valence-corrected chi connectivity index (χ0v) is 41.6. The van der Waals surface area contributed by atoms with E-state index in [4.69, 9.17) is 27.4 Å². The Hall–Kier alpha value is -8.63. The van der Waals surface area contributed by atoms with E-state index in [9.17, 15) is 14.4 Å². The van der Waals surface area contributed by atoms with Crippen molar-refractivity contribution in [2.45, 2.75) is 65.9 Å². The predicted molar refractivity (Wildman–Crippen MR) is 275 cm³/mol. The highest BCUT2D eigenvalue weighted by Gasteiger charge is 2.28. The lowest BCUT2D eigenvalue weighted by atomic mass is 9.98. The van der Waals surface area contributed by atoms with Crippen molar-refractivity contribution in [3.63, 3.8) is 0 Å². The van der Waals surface area contributed by atoms with Crippen molar-refractivity contribution in [1.82, 2.24) is 49.3 Å². The van der Waals surface area contributed by atoms with Crippen LogP contribution in [0.15, 0.2) is 86.2 Å². The maximum absolute atomic E-state index is 12.6. The number of nitrogens with one attached hydrogen (secondary N) is 5. The van der Waals surface area contributed by atoms with Crippen LogP contribution in [0.1, 0.15) is 81.0 Å². The molecular weight excluding hydrogens is 933 g/mol. The van der Waals surface area contributed by atoms with Crippen LogP contribution >= 0.6 is 0 Å². The number of aromatic nitrogens is 8. The van der Waals surface area contributed by atoms with Gasteiger partial charge in [-0.3, -0.25) is 0 Å². The number of piperidine rings is 2. The first-order valence-corrected chi connectivity index (χ1v) is 24.1. The van der Waals surface area contributed by atoms with Crippen LogP contribution < -0.4 is 26.6 Å². The van der Waals surface area contributed by atoms with Crippen molar-refractivity contribution in [2.24, 2.45) is 11.8 Å². The van der Waals surface area contributed by atoms with Crippen molar-refractivity contribution in [3.8, 4) is 11.4 Å². The van der Waals surface area contributed by atoms with E-state index in [1.165, 1.54) is 37.6 Å². The molecule has 8 heterocycles. The number of amides is 1. The van der Waals surface area contributed by atoms with E-state index in [0.29, 0.717) is 73.2 Å². The van der Waals surface area contributed by atoms with Crippen molar-refractivity contribution in [1.29, 1.82) is 0 Å². The van der Waals surface area contributed by atoms with Gasteiger partial charge >= 0.3 is 18.0 Å². The third-order valence-corrected chi connectivity index (χ3v) is 11.5. The molecule has 2 atom stereocenters. The summed E-state index contributed by atoms with van der Waals surface area (Å²) >= 11 is 0. The number of carbonyl (C=O) groups excluding carboxylic acids is 3. The van der Waals surface area contributed by atoms with Gasteiger partial charge in [-0.1, -0.05) is 13.1 Å². The van der Waals surface area contributed by atoms with Crippen molar-refractivity contribution >= 4 is 64.3 Å². The summed E-state index contributed by atoms with van der Waals surface area (Å²) < 4.78 is 19.5. The van der Waals surface area contributed by atoms with E-state index in [2.05, 4.69) is 66.2 Å². The van der Waals surface area contributed by atoms with Crippen LogP contribution in [0.4, 0.5) is 51.1 Å². The number of esters is 2. The van der Waals surface area contributed by atoms with Gasteiger partial charge in [0, 0.05) is 63.1 Å². The lowest BCUT2D eigenvalue weighted by Crippen LogP contribution is -2.44. The first kappa shape index (κ1) is 52.2. The van der Waals surface area contributed by atoms with Crippen LogP contribution in [-0.4, -0.2) is 120 Å². The number of hydrogen-bond acceptors (Lipinski definition) is 17. The molecule has 22 nitrogen and oxygen atoms in total. The summed E-state index contributed by atoms with van der Waals surface area (Å²) in [7, 11) is 0. The van der Waals surface area contributed by atoms with Crippen LogP contribution in [0.25, 0.3) is 21.1 Å². The Morgan fingerprint density at radius 1 is 0.699 bits per heavy atom. The molecule has 73 heavy (non-hydrogen) atoms. The number of likely N-dealkylation sites (tertiary alicyclic amines) is 1. The highest BCUT2D eigenvalue weighted by Crippen LogP contribution is 2.29. The fraction of sp³-hybridized carbons (Fsp3) is 0.392. The van der Waals surface area contributed by atoms with Gasteiger partial charge in [0.05, 0.1) is 71.9 Å². The second-order valence-corrected chi connectivity index (χ2v) is 18.1. The molecule has 8 rings (SSSR count). The molecule has 2 unspecified atom stereocenters. The molecule has 2 aliphatic heterocycles. The van der Waals surface area contributed by atoms with Crippen molar-refractivity contribution in [3.05, 3.63) is 120 Å². The van der Waals surface area contributed by atoms with Crippen LogP contribution in [0.5, 0.6) is 0 Å². The molecule has 1 amide bonds. The summed E-state index contributed by atoms with van der Waals surface area (Å²) in [6.07, 6.45) is 20.1. The molecule has 2 aliphatic rings.